The summed E-state index contributed by atoms with van der Waals surface area (Å²) in [6.45, 7) is -0.160. The molecular formula is C8H8ClFO3S. The molecule has 1 aromatic rings. The minimum atomic E-state index is -3.58. The van der Waals surface area contributed by atoms with E-state index < -0.39 is 14.9 Å². The fourth-order valence-corrected chi connectivity index (χ4v) is 1.28. The van der Waals surface area contributed by atoms with Gasteiger partial charge in [0.2, 0.25) is 9.05 Å². The maximum Gasteiger partial charge on any atom is 0.235 e. The molecule has 0 fully saturated rings. The van der Waals surface area contributed by atoms with Gasteiger partial charge in [-0.3, -0.25) is 0 Å². The van der Waals surface area contributed by atoms with E-state index in [1.165, 1.54) is 18.2 Å². The Balaban J connectivity index is 2.51. The number of hydrogen-bond acceptors (Lipinski definition) is 3. The van der Waals surface area contributed by atoms with E-state index in [0.29, 0.717) is 0 Å². The van der Waals surface area contributed by atoms with Crippen molar-refractivity contribution in [1.29, 1.82) is 0 Å². The molecule has 0 bridgehead atoms. The van der Waals surface area contributed by atoms with Crippen molar-refractivity contribution < 1.29 is 17.5 Å². The van der Waals surface area contributed by atoms with Gasteiger partial charge in [0.25, 0.3) is 0 Å². The minimum Gasteiger partial charge on any atom is -0.489 e. The van der Waals surface area contributed by atoms with Gasteiger partial charge in [-0.2, -0.15) is 0 Å². The van der Waals surface area contributed by atoms with Crippen LogP contribution in [0.25, 0.3) is 0 Å². The Hall–Kier alpha value is -0.810. The molecule has 78 valence electrons. The molecule has 1 rings (SSSR count). The highest BCUT2D eigenvalue weighted by molar-refractivity contribution is 8.13. The lowest BCUT2D eigenvalue weighted by Gasteiger charge is -2.04. The topological polar surface area (TPSA) is 43.4 Å². The monoisotopic (exact) mass is 238 g/mol. The van der Waals surface area contributed by atoms with Crippen LogP contribution in [0.2, 0.25) is 0 Å². The molecule has 0 unspecified atom stereocenters. The van der Waals surface area contributed by atoms with Crippen LogP contribution >= 0.6 is 10.7 Å². The minimum absolute atomic E-state index is 0.0211. The first kappa shape index (κ1) is 11.3. The Kier molecular flexibility index (Phi) is 3.71. The quantitative estimate of drug-likeness (QED) is 0.751. The van der Waals surface area contributed by atoms with E-state index in [0.717, 1.165) is 0 Å². The molecule has 0 amide bonds. The van der Waals surface area contributed by atoms with Crippen molar-refractivity contribution in [1.82, 2.24) is 0 Å². The van der Waals surface area contributed by atoms with E-state index in [9.17, 15) is 12.8 Å². The van der Waals surface area contributed by atoms with Gasteiger partial charge in [-0.05, 0) is 12.1 Å². The average molecular weight is 239 g/mol. The summed E-state index contributed by atoms with van der Waals surface area (Å²) < 4.78 is 38.8. The first-order valence-electron chi connectivity index (χ1n) is 3.79. The van der Waals surface area contributed by atoms with Gasteiger partial charge < -0.3 is 4.74 Å². The molecule has 0 aromatic heterocycles. The molecule has 0 N–H and O–H groups in total. The van der Waals surface area contributed by atoms with Gasteiger partial charge in [0.05, 0.1) is 5.75 Å². The van der Waals surface area contributed by atoms with Crippen molar-refractivity contribution in [2.45, 2.75) is 0 Å². The van der Waals surface area contributed by atoms with E-state index in [2.05, 4.69) is 0 Å². The molecule has 0 spiro atoms. The molecule has 6 heteroatoms. The smallest absolute Gasteiger partial charge is 0.235 e. The summed E-state index contributed by atoms with van der Waals surface area (Å²) in [5.74, 6) is -0.851. The maximum absolute atomic E-state index is 12.9. The third kappa shape index (κ3) is 3.93. The van der Waals surface area contributed by atoms with Crippen molar-refractivity contribution in [3.63, 3.8) is 0 Å². The van der Waals surface area contributed by atoms with E-state index in [4.69, 9.17) is 15.4 Å². The van der Waals surface area contributed by atoms with Gasteiger partial charge in [-0.1, -0.05) is 12.1 Å². The van der Waals surface area contributed by atoms with Crippen LogP contribution in [-0.2, 0) is 9.05 Å². The third-order valence-electron chi connectivity index (χ3n) is 1.42. The van der Waals surface area contributed by atoms with Crippen LogP contribution in [0.3, 0.4) is 0 Å². The number of para-hydroxylation sites is 1. The Bertz CT molecular complexity index is 405. The molecule has 0 saturated heterocycles. The number of ether oxygens (including phenoxy) is 1. The summed E-state index contributed by atoms with van der Waals surface area (Å²) in [7, 11) is 1.36. The first-order chi connectivity index (χ1) is 6.49. The van der Waals surface area contributed by atoms with E-state index in [1.54, 1.807) is 6.07 Å². The Morgan fingerprint density at radius 3 is 2.57 bits per heavy atom. The Labute approximate surface area is 85.9 Å². The average Bonchev–Trinajstić information content (AvgIpc) is 2.06. The first-order valence-corrected chi connectivity index (χ1v) is 6.26. The largest absolute Gasteiger partial charge is 0.489 e. The van der Waals surface area contributed by atoms with Gasteiger partial charge in [0, 0.05) is 10.7 Å². The number of rotatable bonds is 4. The molecule has 14 heavy (non-hydrogen) atoms. The fraction of sp³-hybridized carbons (Fsp3) is 0.250. The molecule has 0 saturated carbocycles. The summed E-state index contributed by atoms with van der Waals surface area (Å²) in [4.78, 5) is 0. The van der Waals surface area contributed by atoms with Crippen molar-refractivity contribution in [2.75, 3.05) is 12.4 Å². The van der Waals surface area contributed by atoms with Crippen molar-refractivity contribution in [2.24, 2.45) is 0 Å². The predicted molar refractivity (Wildman–Crippen MR) is 51.5 cm³/mol. The van der Waals surface area contributed by atoms with Crippen LogP contribution in [0.5, 0.6) is 5.75 Å². The zero-order chi connectivity index (χ0) is 10.6. The second-order valence-electron chi connectivity index (χ2n) is 2.52. The second-order valence-corrected chi connectivity index (χ2v) is 5.42. The fourth-order valence-electron chi connectivity index (χ4n) is 0.813. The van der Waals surface area contributed by atoms with Crippen molar-refractivity contribution in [3.8, 4) is 5.75 Å². The molecule has 0 aliphatic heterocycles. The summed E-state index contributed by atoms with van der Waals surface area (Å²) >= 11 is 0. The van der Waals surface area contributed by atoms with Crippen LogP contribution in [0.4, 0.5) is 4.39 Å². The van der Waals surface area contributed by atoms with Crippen LogP contribution in [-0.4, -0.2) is 20.8 Å². The normalized spacial score (nSPS) is 11.3. The number of halogens is 2. The lowest BCUT2D eigenvalue weighted by molar-refractivity contribution is 0.323. The maximum atomic E-state index is 12.9. The molecule has 0 heterocycles. The molecular weight excluding hydrogens is 231 g/mol. The molecule has 1 aromatic carbocycles. The summed E-state index contributed by atoms with van der Waals surface area (Å²) in [5.41, 5.74) is 0. The standard InChI is InChI=1S/C8H8ClFO3S/c9-14(11,12)6-5-13-8-4-2-1-3-7(8)10/h1-4H,5-6H2. The zero-order valence-corrected chi connectivity index (χ0v) is 8.68. The van der Waals surface area contributed by atoms with Crippen LogP contribution in [0.15, 0.2) is 24.3 Å². The van der Waals surface area contributed by atoms with E-state index >= 15 is 0 Å². The van der Waals surface area contributed by atoms with E-state index in [1.807, 2.05) is 0 Å². The second kappa shape index (κ2) is 4.61. The Morgan fingerprint density at radius 2 is 2.00 bits per heavy atom. The van der Waals surface area contributed by atoms with Crippen molar-refractivity contribution >= 4 is 19.7 Å². The predicted octanol–water partition coefficient (Wildman–Crippen LogP) is 1.77. The van der Waals surface area contributed by atoms with Crippen LogP contribution in [0, 0.1) is 5.82 Å². The zero-order valence-electron chi connectivity index (χ0n) is 7.11. The number of benzene rings is 1. The van der Waals surface area contributed by atoms with Gasteiger partial charge in [0.15, 0.2) is 11.6 Å². The molecule has 0 aliphatic carbocycles. The molecule has 0 aliphatic rings. The SMILES string of the molecule is O=S(=O)(Cl)CCOc1ccccc1F. The highest BCUT2D eigenvalue weighted by Gasteiger charge is 2.06. The van der Waals surface area contributed by atoms with Crippen LogP contribution < -0.4 is 4.74 Å². The summed E-state index contributed by atoms with van der Waals surface area (Å²) in [6.07, 6.45) is 0. The molecule has 0 radical (unpaired) electrons. The highest BCUT2D eigenvalue weighted by Crippen LogP contribution is 2.15. The number of hydrogen-bond donors (Lipinski definition) is 0. The van der Waals surface area contributed by atoms with Gasteiger partial charge >= 0.3 is 0 Å². The Morgan fingerprint density at radius 1 is 1.36 bits per heavy atom. The lowest BCUT2D eigenvalue weighted by atomic mass is 10.3. The highest BCUT2D eigenvalue weighted by atomic mass is 35.7. The van der Waals surface area contributed by atoms with E-state index in [-0.39, 0.29) is 18.1 Å². The van der Waals surface area contributed by atoms with Crippen LogP contribution in [0.1, 0.15) is 0 Å². The van der Waals surface area contributed by atoms with Crippen molar-refractivity contribution in [3.05, 3.63) is 30.1 Å². The summed E-state index contributed by atoms with van der Waals surface area (Å²) in [5, 5.41) is 0. The van der Waals surface area contributed by atoms with Gasteiger partial charge in [0.1, 0.15) is 6.61 Å². The van der Waals surface area contributed by atoms with Gasteiger partial charge in [-0.15, -0.1) is 0 Å². The lowest BCUT2D eigenvalue weighted by Crippen LogP contribution is -2.09. The third-order valence-corrected chi connectivity index (χ3v) is 2.54. The molecule has 0 atom stereocenters. The summed E-state index contributed by atoms with van der Waals surface area (Å²) in [6, 6.07) is 5.74. The van der Waals surface area contributed by atoms with Gasteiger partial charge in [-0.25, -0.2) is 12.8 Å². The molecule has 3 nitrogen and oxygen atoms in total.